The third-order valence-electron chi connectivity index (χ3n) is 18.6. The molecule has 1 aromatic carbocycles. The summed E-state index contributed by atoms with van der Waals surface area (Å²) in [5.74, 6) is 4.36. The number of rotatable bonds is 10. The Morgan fingerprint density at radius 2 is 1.56 bits per heavy atom. The second kappa shape index (κ2) is 18.3. The van der Waals surface area contributed by atoms with Crippen LogP contribution in [0.2, 0.25) is 0 Å². The van der Waals surface area contributed by atoms with E-state index in [1.807, 2.05) is 0 Å². The summed E-state index contributed by atoms with van der Waals surface area (Å²) in [5.41, 5.74) is 15.2. The van der Waals surface area contributed by atoms with Crippen molar-refractivity contribution >= 4 is 5.69 Å². The first-order valence-corrected chi connectivity index (χ1v) is 26.0. The minimum atomic E-state index is -0.251. The van der Waals surface area contributed by atoms with E-state index in [0.717, 1.165) is 50.0 Å². The second-order valence-corrected chi connectivity index (χ2v) is 22.2. The highest BCUT2D eigenvalue weighted by Crippen LogP contribution is 2.55. The van der Waals surface area contributed by atoms with Gasteiger partial charge in [-0.1, -0.05) is 114 Å². The smallest absolute Gasteiger partial charge is 0.0711 e. The molecule has 4 fully saturated rings. The van der Waals surface area contributed by atoms with E-state index in [-0.39, 0.29) is 35.6 Å². The molecule has 0 saturated heterocycles. The number of hydrogen-bond donors (Lipinski definition) is 3. The van der Waals surface area contributed by atoms with Gasteiger partial charge in [0.25, 0.3) is 0 Å². The van der Waals surface area contributed by atoms with Crippen molar-refractivity contribution in [1.29, 1.82) is 5.26 Å². The lowest BCUT2D eigenvalue weighted by molar-refractivity contribution is 0.140. The average Bonchev–Trinajstić information content (AvgIpc) is 3.65. The summed E-state index contributed by atoms with van der Waals surface area (Å²) in [6.45, 7) is 6.14. The van der Waals surface area contributed by atoms with Gasteiger partial charge >= 0.3 is 0 Å². The summed E-state index contributed by atoms with van der Waals surface area (Å²) >= 11 is 0. The zero-order valence-corrected chi connectivity index (χ0v) is 38.1. The summed E-state index contributed by atoms with van der Waals surface area (Å²) in [7, 11) is 0. The maximum absolute atomic E-state index is 11.3. The average molecular weight is 825 g/mol. The number of benzene rings is 1. The SMILES string of the molecule is CC1(C)c2ccccc2N(C2=CC(N3C4=C(CCC=C4)C4CCC=CC43)C(C#N)CC2C(N)NC(NCC2CCC(C3CCCCC3)CC2)C2CCCCC2)C2CCCCC21. The number of nitrogens with zero attached hydrogens (tertiary/aromatic N) is 3. The summed E-state index contributed by atoms with van der Waals surface area (Å²) in [6, 6.07) is 13.1. The minimum Gasteiger partial charge on any atom is -0.357 e. The van der Waals surface area contributed by atoms with Crippen LogP contribution in [0.15, 0.2) is 71.6 Å². The van der Waals surface area contributed by atoms with Gasteiger partial charge in [0.05, 0.1) is 36.4 Å². The van der Waals surface area contributed by atoms with E-state index < -0.39 is 0 Å². The first kappa shape index (κ1) is 42.1. The maximum Gasteiger partial charge on any atom is 0.0711 e. The molecule has 330 valence electrons. The quantitative estimate of drug-likeness (QED) is 0.161. The number of fused-ring (bicyclic) bond motifs is 4. The van der Waals surface area contributed by atoms with Crippen molar-refractivity contribution in [2.24, 2.45) is 53.1 Å². The summed E-state index contributed by atoms with van der Waals surface area (Å²) in [5, 5.41) is 19.7. The van der Waals surface area contributed by atoms with Gasteiger partial charge in [-0.15, -0.1) is 0 Å². The number of nitrogens with one attached hydrogen (secondary N) is 2. The van der Waals surface area contributed by atoms with Gasteiger partial charge < -0.3 is 20.9 Å². The Morgan fingerprint density at radius 3 is 2.36 bits per heavy atom. The van der Waals surface area contributed by atoms with Crippen LogP contribution < -0.4 is 21.3 Å². The third kappa shape index (κ3) is 8.14. The molecule has 0 aromatic heterocycles. The number of hydrogen-bond acceptors (Lipinski definition) is 6. The Kier molecular flexibility index (Phi) is 12.7. The van der Waals surface area contributed by atoms with E-state index in [0.29, 0.717) is 29.8 Å². The molecule has 9 unspecified atom stereocenters. The van der Waals surface area contributed by atoms with Crippen molar-refractivity contribution in [2.75, 3.05) is 11.4 Å². The Bertz CT molecular complexity index is 1850. The van der Waals surface area contributed by atoms with Crippen LogP contribution in [0, 0.1) is 58.7 Å². The molecule has 7 aliphatic carbocycles. The van der Waals surface area contributed by atoms with Gasteiger partial charge in [0, 0.05) is 35.0 Å². The molecule has 9 aliphatic rings. The first-order valence-electron chi connectivity index (χ1n) is 26.0. The highest BCUT2D eigenvalue weighted by atomic mass is 15.3. The van der Waals surface area contributed by atoms with Crippen LogP contribution in [0.4, 0.5) is 5.69 Å². The number of nitriles is 1. The van der Waals surface area contributed by atoms with Crippen molar-refractivity contribution in [3.8, 4) is 6.07 Å². The lowest BCUT2D eigenvalue weighted by Gasteiger charge is -2.56. The lowest BCUT2D eigenvalue weighted by atomic mass is 9.61. The number of para-hydroxylation sites is 1. The van der Waals surface area contributed by atoms with Crippen LogP contribution in [0.3, 0.4) is 0 Å². The van der Waals surface area contributed by atoms with Crippen LogP contribution in [0.25, 0.3) is 0 Å². The fraction of sp³-hybridized carbons (Fsp3) is 0.727. The van der Waals surface area contributed by atoms with E-state index in [1.165, 1.54) is 145 Å². The molecule has 1 aromatic rings. The summed E-state index contributed by atoms with van der Waals surface area (Å²) in [6.07, 6.45) is 42.4. The van der Waals surface area contributed by atoms with E-state index in [1.54, 1.807) is 5.57 Å². The van der Waals surface area contributed by atoms with Crippen molar-refractivity contribution in [2.45, 2.75) is 197 Å². The number of allylic oxidation sites excluding steroid dienone is 3. The van der Waals surface area contributed by atoms with Gasteiger partial charge in [0.15, 0.2) is 0 Å². The molecular formula is C55H80N6. The van der Waals surface area contributed by atoms with Gasteiger partial charge in [-0.2, -0.15) is 5.26 Å². The monoisotopic (exact) mass is 825 g/mol. The molecule has 0 amide bonds. The largest absolute Gasteiger partial charge is 0.357 e. The summed E-state index contributed by atoms with van der Waals surface area (Å²) < 4.78 is 0. The van der Waals surface area contributed by atoms with Crippen molar-refractivity contribution in [3.05, 3.63) is 77.2 Å². The molecule has 10 rings (SSSR count). The van der Waals surface area contributed by atoms with Crippen LogP contribution in [0.1, 0.15) is 167 Å². The van der Waals surface area contributed by atoms with Gasteiger partial charge in [-0.3, -0.25) is 5.32 Å². The molecule has 0 bridgehead atoms. The first-order chi connectivity index (χ1) is 29.9. The topological polar surface area (TPSA) is 80.3 Å². The highest BCUT2D eigenvalue weighted by molar-refractivity contribution is 5.65. The van der Waals surface area contributed by atoms with Crippen LogP contribution in [-0.2, 0) is 5.41 Å². The molecule has 0 radical (unpaired) electrons. The van der Waals surface area contributed by atoms with Crippen molar-refractivity contribution < 1.29 is 0 Å². The van der Waals surface area contributed by atoms with Crippen LogP contribution >= 0.6 is 0 Å². The Labute approximate surface area is 370 Å². The third-order valence-corrected chi connectivity index (χ3v) is 18.6. The van der Waals surface area contributed by atoms with E-state index in [9.17, 15) is 5.26 Å². The highest BCUT2D eigenvalue weighted by Gasteiger charge is 2.52. The lowest BCUT2D eigenvalue weighted by Crippen LogP contribution is -2.62. The molecule has 9 atom stereocenters. The zero-order valence-electron chi connectivity index (χ0n) is 38.1. The molecule has 2 aliphatic heterocycles. The fourth-order valence-corrected chi connectivity index (χ4v) is 15.4. The summed E-state index contributed by atoms with van der Waals surface area (Å²) in [4.78, 5) is 5.56. The predicted octanol–water partition coefficient (Wildman–Crippen LogP) is 11.8. The molecule has 0 spiro atoms. The Balaban J connectivity index is 0.985. The molecule has 2 heterocycles. The zero-order chi connectivity index (χ0) is 41.5. The maximum atomic E-state index is 11.3. The molecule has 4 N–H and O–H groups in total. The normalized spacial score (nSPS) is 36.3. The van der Waals surface area contributed by atoms with Crippen molar-refractivity contribution in [3.63, 3.8) is 0 Å². The van der Waals surface area contributed by atoms with Crippen LogP contribution in [0.5, 0.6) is 0 Å². The standard InChI is InChI=1S/C55H80N6/c1-55(2)45-23-11-15-27-49(45)61(50-28-16-12-24-46(50)55)52-34-51(60-47-25-13-9-21-42(47)43-22-10-14-26-48(43)60)41(35-56)33-44(52)53(57)59-54(40-19-7-4-8-20-40)58-36-37-29-31-39(32-30-37)38-17-5-3-6-18-38/h11,13-15,23,25-27,34,37-42,44,46-47,50-51,53-54,58-59H,3-10,12,16-22,24,28-33,36,57H2,1-2H3. The molecule has 61 heavy (non-hydrogen) atoms. The van der Waals surface area contributed by atoms with Gasteiger partial charge in [0.1, 0.15) is 0 Å². The van der Waals surface area contributed by atoms with Gasteiger partial charge in [0.2, 0.25) is 0 Å². The van der Waals surface area contributed by atoms with E-state index >= 15 is 0 Å². The Hall–Kier alpha value is -2.85. The predicted molar refractivity (Wildman–Crippen MR) is 251 cm³/mol. The fourth-order valence-electron chi connectivity index (χ4n) is 15.4. The molecular weight excluding hydrogens is 745 g/mol. The number of anilines is 1. The van der Waals surface area contributed by atoms with Gasteiger partial charge in [-0.25, -0.2) is 0 Å². The van der Waals surface area contributed by atoms with Crippen LogP contribution in [-0.4, -0.2) is 41.9 Å². The van der Waals surface area contributed by atoms with E-state index in [4.69, 9.17) is 5.73 Å². The van der Waals surface area contributed by atoms with Crippen molar-refractivity contribution in [1.82, 2.24) is 15.5 Å². The Morgan fingerprint density at radius 1 is 0.820 bits per heavy atom. The molecule has 4 saturated carbocycles. The second-order valence-electron chi connectivity index (χ2n) is 22.2. The number of nitrogens with two attached hydrogens (primary N) is 1. The minimum absolute atomic E-state index is 0.00842. The van der Waals surface area contributed by atoms with Gasteiger partial charge in [-0.05, 0) is 154 Å². The molecule has 6 nitrogen and oxygen atoms in total. The van der Waals surface area contributed by atoms with E-state index in [2.05, 4.69) is 95.0 Å². The molecule has 6 heteroatoms.